The van der Waals surface area contributed by atoms with Gasteiger partial charge >= 0.3 is 0 Å². The molecule has 2 N–H and O–H groups in total. The molecule has 128 valence electrons. The molecule has 0 unspecified atom stereocenters. The lowest BCUT2D eigenvalue weighted by atomic mass is 10.1. The van der Waals surface area contributed by atoms with E-state index in [-0.39, 0.29) is 6.61 Å². The zero-order valence-corrected chi connectivity index (χ0v) is 14.7. The van der Waals surface area contributed by atoms with E-state index in [2.05, 4.69) is 24.3 Å². The summed E-state index contributed by atoms with van der Waals surface area (Å²) >= 11 is 0. The standard InChI is InChI=1S/C18H40N2O/c1-3-5-7-9-11-13-15-19-20(17-18-21)16-14-12-10-8-6-4-2/h19,21H,3-18H2,1-2H3. The largest absolute Gasteiger partial charge is 0.395 e. The third-order valence-electron chi connectivity index (χ3n) is 4.02. The van der Waals surface area contributed by atoms with Crippen molar-refractivity contribution >= 4 is 0 Å². The third-order valence-corrected chi connectivity index (χ3v) is 4.02. The number of hydrogen-bond acceptors (Lipinski definition) is 3. The van der Waals surface area contributed by atoms with E-state index in [9.17, 15) is 0 Å². The van der Waals surface area contributed by atoms with Crippen LogP contribution in [0.3, 0.4) is 0 Å². The molecule has 0 aromatic rings. The average Bonchev–Trinajstić information content (AvgIpc) is 2.49. The summed E-state index contributed by atoms with van der Waals surface area (Å²) in [5, 5.41) is 11.3. The van der Waals surface area contributed by atoms with Crippen molar-refractivity contribution in [3.63, 3.8) is 0 Å². The Bertz CT molecular complexity index is 188. The SMILES string of the molecule is CCCCCCCCNN(CCO)CCCCCCCC. The van der Waals surface area contributed by atoms with E-state index in [1.807, 2.05) is 0 Å². The number of nitrogens with one attached hydrogen (secondary N) is 1. The van der Waals surface area contributed by atoms with Gasteiger partial charge < -0.3 is 5.11 Å². The van der Waals surface area contributed by atoms with Crippen molar-refractivity contribution in [3.05, 3.63) is 0 Å². The van der Waals surface area contributed by atoms with Crippen molar-refractivity contribution in [3.8, 4) is 0 Å². The molecule has 0 aliphatic heterocycles. The molecule has 3 heteroatoms. The van der Waals surface area contributed by atoms with Gasteiger partial charge in [-0.25, -0.2) is 5.01 Å². The first-order chi connectivity index (χ1) is 10.3. The van der Waals surface area contributed by atoms with Gasteiger partial charge in [-0.15, -0.1) is 0 Å². The fraction of sp³-hybridized carbons (Fsp3) is 1.00. The van der Waals surface area contributed by atoms with E-state index < -0.39 is 0 Å². The smallest absolute Gasteiger partial charge is 0.0572 e. The second-order valence-electron chi connectivity index (χ2n) is 6.15. The van der Waals surface area contributed by atoms with Crippen molar-refractivity contribution in [2.75, 3.05) is 26.2 Å². The molecule has 0 saturated carbocycles. The number of aliphatic hydroxyl groups is 1. The molecule has 0 aromatic carbocycles. The van der Waals surface area contributed by atoms with Crippen LogP contribution >= 0.6 is 0 Å². The fourth-order valence-electron chi connectivity index (χ4n) is 2.62. The Labute approximate surface area is 133 Å². The summed E-state index contributed by atoms with van der Waals surface area (Å²) in [6, 6.07) is 0. The Morgan fingerprint density at radius 1 is 0.667 bits per heavy atom. The summed E-state index contributed by atoms with van der Waals surface area (Å²) in [7, 11) is 0. The van der Waals surface area contributed by atoms with Gasteiger partial charge in [0, 0.05) is 19.6 Å². The van der Waals surface area contributed by atoms with Crippen molar-refractivity contribution in [1.82, 2.24) is 10.4 Å². The summed E-state index contributed by atoms with van der Waals surface area (Å²) in [6.07, 6.45) is 16.0. The van der Waals surface area contributed by atoms with Crippen LogP contribution in [0.1, 0.15) is 90.9 Å². The van der Waals surface area contributed by atoms with Crippen molar-refractivity contribution in [2.24, 2.45) is 0 Å². The first kappa shape index (κ1) is 20.9. The molecule has 21 heavy (non-hydrogen) atoms. The van der Waals surface area contributed by atoms with Crippen LogP contribution in [0.2, 0.25) is 0 Å². The Morgan fingerprint density at radius 2 is 1.19 bits per heavy atom. The summed E-state index contributed by atoms with van der Waals surface area (Å²) < 4.78 is 0. The molecule has 0 fully saturated rings. The monoisotopic (exact) mass is 300 g/mol. The number of rotatable bonds is 17. The summed E-state index contributed by atoms with van der Waals surface area (Å²) in [5.74, 6) is 0. The number of aliphatic hydroxyl groups excluding tert-OH is 1. The van der Waals surface area contributed by atoms with Crippen LogP contribution in [0.15, 0.2) is 0 Å². The van der Waals surface area contributed by atoms with Crippen LogP contribution in [0.25, 0.3) is 0 Å². The van der Waals surface area contributed by atoms with Crippen molar-refractivity contribution in [2.45, 2.75) is 90.9 Å². The first-order valence-electron chi connectivity index (χ1n) is 9.44. The van der Waals surface area contributed by atoms with Gasteiger partial charge in [0.05, 0.1) is 6.61 Å². The van der Waals surface area contributed by atoms with Gasteiger partial charge in [0.15, 0.2) is 0 Å². The molecule has 0 spiro atoms. The molecule has 0 amide bonds. The van der Waals surface area contributed by atoms with E-state index >= 15 is 0 Å². The van der Waals surface area contributed by atoms with Crippen LogP contribution in [-0.2, 0) is 0 Å². The Balaban J connectivity index is 3.44. The molecule has 0 atom stereocenters. The lowest BCUT2D eigenvalue weighted by Gasteiger charge is -2.22. The fourth-order valence-corrected chi connectivity index (χ4v) is 2.62. The minimum Gasteiger partial charge on any atom is -0.395 e. The van der Waals surface area contributed by atoms with Gasteiger partial charge in [-0.2, -0.15) is 0 Å². The molecule has 0 aliphatic rings. The average molecular weight is 301 g/mol. The molecule has 0 bridgehead atoms. The van der Waals surface area contributed by atoms with E-state index in [0.29, 0.717) is 0 Å². The van der Waals surface area contributed by atoms with Gasteiger partial charge in [-0.1, -0.05) is 78.1 Å². The third kappa shape index (κ3) is 16.1. The molecule has 0 aliphatic carbocycles. The highest BCUT2D eigenvalue weighted by molar-refractivity contribution is 4.55. The van der Waals surface area contributed by atoms with Gasteiger partial charge in [-0.05, 0) is 12.8 Å². The maximum atomic E-state index is 9.13. The van der Waals surface area contributed by atoms with Crippen LogP contribution < -0.4 is 5.43 Å². The highest BCUT2D eigenvalue weighted by Crippen LogP contribution is 2.06. The normalized spacial score (nSPS) is 11.4. The number of hydrazine groups is 1. The first-order valence-corrected chi connectivity index (χ1v) is 9.44. The zero-order valence-electron chi connectivity index (χ0n) is 14.7. The minimum atomic E-state index is 0.249. The van der Waals surface area contributed by atoms with Crippen LogP contribution in [0.5, 0.6) is 0 Å². The number of unbranched alkanes of at least 4 members (excludes halogenated alkanes) is 10. The molecule has 0 saturated heterocycles. The van der Waals surface area contributed by atoms with Gasteiger partial charge in [0.2, 0.25) is 0 Å². The van der Waals surface area contributed by atoms with Gasteiger partial charge in [0.1, 0.15) is 0 Å². The number of hydrogen-bond donors (Lipinski definition) is 2. The van der Waals surface area contributed by atoms with E-state index in [0.717, 1.165) is 19.6 Å². The molecule has 3 nitrogen and oxygen atoms in total. The maximum Gasteiger partial charge on any atom is 0.0572 e. The van der Waals surface area contributed by atoms with E-state index in [4.69, 9.17) is 5.11 Å². The highest BCUT2D eigenvalue weighted by atomic mass is 16.3. The predicted molar refractivity (Wildman–Crippen MR) is 93.4 cm³/mol. The molecular formula is C18H40N2O. The van der Waals surface area contributed by atoms with Crippen LogP contribution in [-0.4, -0.2) is 36.4 Å². The van der Waals surface area contributed by atoms with Crippen LogP contribution in [0, 0.1) is 0 Å². The molecule has 0 aromatic heterocycles. The quantitative estimate of drug-likeness (QED) is 0.306. The minimum absolute atomic E-state index is 0.249. The van der Waals surface area contributed by atoms with Crippen molar-refractivity contribution < 1.29 is 5.11 Å². The van der Waals surface area contributed by atoms with Crippen LogP contribution in [0.4, 0.5) is 0 Å². The summed E-state index contributed by atoms with van der Waals surface area (Å²) in [4.78, 5) is 0. The Hall–Kier alpha value is -0.120. The van der Waals surface area contributed by atoms with E-state index in [1.54, 1.807) is 0 Å². The van der Waals surface area contributed by atoms with Gasteiger partial charge in [0.25, 0.3) is 0 Å². The molecular weight excluding hydrogens is 260 g/mol. The molecule has 0 radical (unpaired) electrons. The van der Waals surface area contributed by atoms with Gasteiger partial charge in [-0.3, -0.25) is 5.43 Å². The summed E-state index contributed by atoms with van der Waals surface area (Å²) in [6.45, 7) is 7.65. The predicted octanol–water partition coefficient (Wildman–Crippen LogP) is 4.51. The summed E-state index contributed by atoms with van der Waals surface area (Å²) in [5.41, 5.74) is 3.49. The number of nitrogens with zero attached hydrogens (tertiary/aromatic N) is 1. The maximum absolute atomic E-state index is 9.13. The van der Waals surface area contributed by atoms with Crippen molar-refractivity contribution in [1.29, 1.82) is 0 Å². The van der Waals surface area contributed by atoms with E-state index in [1.165, 1.54) is 77.0 Å². The second-order valence-corrected chi connectivity index (χ2v) is 6.15. The lowest BCUT2D eigenvalue weighted by Crippen LogP contribution is -2.41. The molecule has 0 heterocycles. The zero-order chi connectivity index (χ0) is 15.6. The Kier molecular flexibility index (Phi) is 17.8. The molecule has 0 rings (SSSR count). The highest BCUT2D eigenvalue weighted by Gasteiger charge is 2.02. The topological polar surface area (TPSA) is 35.5 Å². The second kappa shape index (κ2) is 17.9. The lowest BCUT2D eigenvalue weighted by molar-refractivity contribution is 0.139. The Morgan fingerprint density at radius 3 is 1.76 bits per heavy atom.